The summed E-state index contributed by atoms with van der Waals surface area (Å²) in [4.78, 5) is 10.3. The highest BCUT2D eigenvalue weighted by Gasteiger charge is 2.10. The van der Waals surface area contributed by atoms with Crippen LogP contribution in [0.1, 0.15) is 0 Å². The van der Waals surface area contributed by atoms with Crippen LogP contribution in [0.25, 0.3) is 0 Å². The Morgan fingerprint density at radius 3 is 2.42 bits per heavy atom. The van der Waals surface area contributed by atoms with Gasteiger partial charge in [-0.15, -0.1) is 12.4 Å². The smallest absolute Gasteiger partial charge is 0.258 e. The molecule has 0 spiro atoms. The Hall–Kier alpha value is -0.450. The van der Waals surface area contributed by atoms with Crippen molar-refractivity contribution in [1.29, 1.82) is 0 Å². The molecule has 0 amide bonds. The van der Waals surface area contributed by atoms with Crippen LogP contribution in [0.15, 0.2) is 29.2 Å². The summed E-state index contributed by atoms with van der Waals surface area (Å²) in [5.41, 5.74) is 0.0486. The lowest BCUT2D eigenvalue weighted by Crippen LogP contribution is -1.88. The summed E-state index contributed by atoms with van der Waals surface area (Å²) in [5, 5.41) is 10.3. The summed E-state index contributed by atoms with van der Waals surface area (Å²) >= 11 is 0. The Morgan fingerprint density at radius 1 is 1.42 bits per heavy atom. The number of benzene rings is 1. The third-order valence-corrected chi connectivity index (χ3v) is 2.16. The second-order valence-corrected chi connectivity index (χ2v) is 2.86. The minimum absolute atomic E-state index is 0. The van der Waals surface area contributed by atoms with Crippen LogP contribution in [0.3, 0.4) is 0 Å². The van der Waals surface area contributed by atoms with Crippen LogP contribution in [-0.2, 0) is 0 Å². The van der Waals surface area contributed by atoms with Crippen LogP contribution < -0.4 is 0 Å². The zero-order valence-electron chi connectivity index (χ0n) is 5.77. The molecule has 0 fully saturated rings. The molecule has 1 aromatic carbocycles. The average Bonchev–Trinajstić information content (AvgIpc) is 2.04. The van der Waals surface area contributed by atoms with Crippen molar-refractivity contribution < 1.29 is 4.92 Å². The lowest BCUT2D eigenvalue weighted by atomic mass is 10.3. The van der Waals surface area contributed by atoms with Crippen LogP contribution in [0, 0.1) is 10.1 Å². The molecule has 0 unspecified atom stereocenters. The van der Waals surface area contributed by atoms with E-state index < -0.39 is 4.92 Å². The zero-order valence-corrected chi connectivity index (χ0v) is 8.16. The topological polar surface area (TPSA) is 43.1 Å². The fraction of sp³-hybridized carbons (Fsp3) is 0. The van der Waals surface area contributed by atoms with Gasteiger partial charge in [-0.05, 0) is 27.7 Å². The first-order valence-corrected chi connectivity index (χ1v) is 4.42. The minimum Gasteiger partial charge on any atom is -0.258 e. The summed E-state index contributed by atoms with van der Waals surface area (Å²) in [5.74, 6) is 0. The van der Waals surface area contributed by atoms with Crippen molar-refractivity contribution in [2.75, 3.05) is 0 Å². The van der Waals surface area contributed by atoms with E-state index >= 15 is 0 Å². The molecule has 66 valence electrons. The van der Waals surface area contributed by atoms with Gasteiger partial charge in [0.2, 0.25) is 0 Å². The molecule has 0 atom stereocenters. The van der Waals surface area contributed by atoms with E-state index in [1.807, 2.05) is 0 Å². The van der Waals surface area contributed by atoms with Crippen LogP contribution in [0.4, 0.5) is 5.69 Å². The molecule has 0 aliphatic carbocycles. The molecule has 1 aromatic rings. The van der Waals surface area contributed by atoms with Crippen LogP contribution in [-0.4, -0.2) is 4.92 Å². The molecule has 6 heteroatoms. The van der Waals surface area contributed by atoms with E-state index in [-0.39, 0.29) is 18.1 Å². The molecule has 1 rings (SSSR count). The molecule has 0 saturated heterocycles. The minimum atomic E-state index is -0.454. The number of rotatable bonds is 2. The van der Waals surface area contributed by atoms with Crippen molar-refractivity contribution >= 4 is 39.8 Å². The first-order valence-electron chi connectivity index (χ1n) is 2.77. The van der Waals surface area contributed by atoms with Crippen molar-refractivity contribution in [2.24, 2.45) is 0 Å². The van der Waals surface area contributed by atoms with E-state index in [9.17, 15) is 10.1 Å². The van der Waals surface area contributed by atoms with Gasteiger partial charge in [0.1, 0.15) is 4.90 Å². The van der Waals surface area contributed by atoms with E-state index in [4.69, 9.17) is 10.7 Å². The van der Waals surface area contributed by atoms with Crippen molar-refractivity contribution in [2.45, 2.75) is 4.90 Å². The van der Waals surface area contributed by atoms with Crippen LogP contribution in [0.5, 0.6) is 0 Å². The Bertz CT molecular complexity index is 282. The third kappa shape index (κ3) is 2.55. The maximum atomic E-state index is 10.3. The molecule has 0 aliphatic rings. The number of halogens is 2. The molecule has 12 heavy (non-hydrogen) atoms. The van der Waals surface area contributed by atoms with Gasteiger partial charge >= 0.3 is 0 Å². The molecule has 0 radical (unpaired) electrons. The number of hydrogen-bond donors (Lipinski definition) is 0. The normalized spacial score (nSPS) is 8.75. The average molecular weight is 226 g/mol. The molecular weight excluding hydrogens is 221 g/mol. The van der Waals surface area contributed by atoms with Gasteiger partial charge in [-0.1, -0.05) is 12.1 Å². The van der Waals surface area contributed by atoms with Gasteiger partial charge in [0, 0.05) is 6.07 Å². The highest BCUT2D eigenvalue weighted by Crippen LogP contribution is 2.30. The fourth-order valence-electron chi connectivity index (χ4n) is 0.673. The van der Waals surface area contributed by atoms with Crippen LogP contribution >= 0.6 is 34.1 Å². The highest BCUT2D eigenvalue weighted by atomic mass is 35.7. The van der Waals surface area contributed by atoms with Gasteiger partial charge in [-0.2, -0.15) is 0 Å². The fourth-order valence-corrected chi connectivity index (χ4v) is 1.42. The van der Waals surface area contributed by atoms with E-state index in [0.717, 1.165) is 11.0 Å². The lowest BCUT2D eigenvalue weighted by Gasteiger charge is -1.94. The second kappa shape index (κ2) is 5.24. The van der Waals surface area contributed by atoms with Crippen molar-refractivity contribution in [3.8, 4) is 0 Å². The van der Waals surface area contributed by atoms with Crippen molar-refractivity contribution in [3.63, 3.8) is 0 Å². The van der Waals surface area contributed by atoms with Gasteiger partial charge in [-0.25, -0.2) is 0 Å². The highest BCUT2D eigenvalue weighted by molar-refractivity contribution is 8.21. The summed E-state index contributed by atoms with van der Waals surface area (Å²) in [6, 6.07) is 6.34. The first-order chi connectivity index (χ1) is 5.25. The standard InChI is InChI=1S/C6H4ClNO2S.ClH/c7-11-6-4-2-1-3-5(6)8(9)10;/h1-4H;1H. The van der Waals surface area contributed by atoms with E-state index in [0.29, 0.717) is 4.90 Å². The maximum Gasteiger partial charge on any atom is 0.284 e. The Labute approximate surface area is 84.2 Å². The molecule has 0 heterocycles. The zero-order chi connectivity index (χ0) is 8.27. The predicted octanol–water partition coefficient (Wildman–Crippen LogP) is 3.26. The molecule has 3 nitrogen and oxygen atoms in total. The number of para-hydroxylation sites is 1. The second-order valence-electron chi connectivity index (χ2n) is 1.80. The Balaban J connectivity index is 0.00000121. The summed E-state index contributed by atoms with van der Waals surface area (Å²) < 4.78 is 0. The number of nitro benzene ring substituents is 1. The summed E-state index contributed by atoms with van der Waals surface area (Å²) in [6.07, 6.45) is 0. The van der Waals surface area contributed by atoms with Gasteiger partial charge in [-0.3, -0.25) is 10.1 Å². The SMILES string of the molecule is Cl.O=[N+]([O-])c1ccccc1SCl. The van der Waals surface area contributed by atoms with Crippen LogP contribution in [0.2, 0.25) is 0 Å². The number of nitro groups is 1. The molecule has 0 saturated carbocycles. The van der Waals surface area contributed by atoms with Crippen molar-refractivity contribution in [3.05, 3.63) is 34.4 Å². The Kier molecular flexibility index (Phi) is 5.04. The Morgan fingerprint density at radius 2 is 2.00 bits per heavy atom. The van der Waals surface area contributed by atoms with Gasteiger partial charge in [0.05, 0.1) is 4.92 Å². The largest absolute Gasteiger partial charge is 0.284 e. The van der Waals surface area contributed by atoms with E-state index in [1.165, 1.54) is 6.07 Å². The summed E-state index contributed by atoms with van der Waals surface area (Å²) in [6.45, 7) is 0. The molecule has 0 aliphatic heterocycles. The third-order valence-electron chi connectivity index (χ3n) is 1.15. The molecule has 0 bridgehead atoms. The lowest BCUT2D eigenvalue weighted by molar-refractivity contribution is -0.387. The quantitative estimate of drug-likeness (QED) is 0.574. The van der Waals surface area contributed by atoms with Crippen molar-refractivity contribution in [1.82, 2.24) is 0 Å². The number of hydrogen-bond acceptors (Lipinski definition) is 3. The monoisotopic (exact) mass is 225 g/mol. The van der Waals surface area contributed by atoms with Gasteiger partial charge in [0.25, 0.3) is 5.69 Å². The summed E-state index contributed by atoms with van der Waals surface area (Å²) in [7, 11) is 6.24. The predicted molar refractivity (Wildman–Crippen MR) is 52.1 cm³/mol. The number of nitrogens with zero attached hydrogens (tertiary/aromatic N) is 1. The molecule has 0 N–H and O–H groups in total. The first kappa shape index (κ1) is 11.6. The van der Waals surface area contributed by atoms with E-state index in [2.05, 4.69) is 0 Å². The molecular formula is C6H5Cl2NO2S. The molecule has 0 aromatic heterocycles. The maximum absolute atomic E-state index is 10.3. The van der Waals surface area contributed by atoms with E-state index in [1.54, 1.807) is 18.2 Å². The van der Waals surface area contributed by atoms with Gasteiger partial charge < -0.3 is 0 Å². The van der Waals surface area contributed by atoms with Gasteiger partial charge in [0.15, 0.2) is 0 Å².